The van der Waals surface area contributed by atoms with Crippen LogP contribution in [0.4, 0.5) is 0 Å². The topological polar surface area (TPSA) is 397 Å². The number of nitrogens with two attached hydrogens (primary N) is 2. The largest absolute Gasteiger partial charge is 0.481 e. The van der Waals surface area contributed by atoms with E-state index >= 15 is 0 Å². The molecule has 0 saturated carbocycles. The van der Waals surface area contributed by atoms with Crippen LogP contribution in [0, 0.1) is 0 Å². The molecular formula is C51H77N9O19. The van der Waals surface area contributed by atoms with Crippen molar-refractivity contribution in [2.24, 2.45) is 16.5 Å². The molecule has 12 N–H and O–H groups in total. The van der Waals surface area contributed by atoms with Gasteiger partial charge in [-0.3, -0.25) is 38.6 Å². The molecule has 1 aliphatic heterocycles. The third kappa shape index (κ3) is 32.6. The van der Waals surface area contributed by atoms with Gasteiger partial charge in [-0.15, -0.1) is 0 Å². The molecule has 1 fully saturated rings. The zero-order chi connectivity index (χ0) is 57.3. The normalized spacial score (nSPS) is 17.2. The highest BCUT2D eigenvalue weighted by Crippen LogP contribution is 2.11. The van der Waals surface area contributed by atoms with Gasteiger partial charge in [-0.2, -0.15) is 0 Å². The summed E-state index contributed by atoms with van der Waals surface area (Å²) in [6, 6.07) is 9.94. The van der Waals surface area contributed by atoms with E-state index in [4.69, 9.17) is 59.2 Å². The lowest BCUT2D eigenvalue weighted by Crippen LogP contribution is -2.58. The van der Waals surface area contributed by atoms with Gasteiger partial charge < -0.3 is 96.2 Å². The molecule has 3 rings (SSSR count). The molecule has 0 radical (unpaired) electrons. The Morgan fingerprint density at radius 1 is 0.506 bits per heavy atom. The Balaban J connectivity index is 1.38. The first kappa shape index (κ1) is 66.4. The maximum Gasteiger partial charge on any atom is 0.329 e. The number of nitrogens with one attached hydrogen (secondary N) is 6. The molecule has 28 heteroatoms. The maximum absolute atomic E-state index is 14.1. The average molecular weight is 1120 g/mol. The molecule has 6 amide bonds. The second-order valence-corrected chi connectivity index (χ2v) is 17.3. The third-order valence-electron chi connectivity index (χ3n) is 11.0. The van der Waals surface area contributed by atoms with Gasteiger partial charge in [0.1, 0.15) is 37.4 Å². The molecule has 28 nitrogen and oxygen atoms in total. The predicted octanol–water partition coefficient (Wildman–Crippen LogP) is -3.08. The monoisotopic (exact) mass is 1120 g/mol. The SMILES string of the molecule is NC(N)=NCCC[C@@H]1NC(=O)[C@H](Cc2ccc(CNC(=O)COCCOCCOCCOCCOCCOCCOCCOCCOCC(=O)O)cc2)NC(=O)[C@@H](Cc2ccccc2)NC(=O)[C@H](CC(=O)O)NC(=O)CNC1=O. The average Bonchev–Trinajstić information content (AvgIpc) is 3.42. The summed E-state index contributed by atoms with van der Waals surface area (Å²) < 4.78 is 48.3. The van der Waals surface area contributed by atoms with E-state index in [1.54, 1.807) is 54.6 Å². The number of carbonyl (C=O) groups excluding carboxylic acids is 6. The van der Waals surface area contributed by atoms with Gasteiger partial charge in [0.25, 0.3) is 0 Å². The molecule has 0 spiro atoms. The van der Waals surface area contributed by atoms with Gasteiger partial charge in [-0.05, 0) is 29.5 Å². The van der Waals surface area contributed by atoms with E-state index in [-0.39, 0.29) is 83.7 Å². The van der Waals surface area contributed by atoms with E-state index in [1.807, 2.05) is 0 Å². The summed E-state index contributed by atoms with van der Waals surface area (Å²) in [5.41, 5.74) is 12.8. The summed E-state index contributed by atoms with van der Waals surface area (Å²) in [4.78, 5) is 107. The standard InChI is InChI=1S/C51H77N9O19/c52-51(53)54-12-4-7-39-47(67)56-33-43(61)57-42(31-45(63)64)50(70)60-40(29-36-5-2-1-3-6-36)49(69)59-41(48(68)58-39)30-37-8-10-38(11-9-37)32-55-44(62)34-78-27-25-76-23-21-74-19-17-72-15-13-71-14-16-73-18-20-75-22-24-77-26-28-79-35-46(65)66/h1-3,5-6,8-11,39-42H,4,7,12-35H2,(H,55,62)(H,56,67)(H,57,61)(H,58,68)(H,59,69)(H,60,70)(H,63,64)(H,65,66)(H4,52,53,54)/t39-,40+,41-,42-/m0/s1. The van der Waals surface area contributed by atoms with Gasteiger partial charge in [0, 0.05) is 25.9 Å². The number of carboxylic acid groups (broad SMARTS) is 2. The Kier molecular flexibility index (Phi) is 34.6. The molecule has 1 saturated heterocycles. The lowest BCUT2D eigenvalue weighted by atomic mass is 10.0. The van der Waals surface area contributed by atoms with Crippen molar-refractivity contribution in [1.82, 2.24) is 31.9 Å². The lowest BCUT2D eigenvalue weighted by Gasteiger charge is -2.26. The number of hydrogen-bond acceptors (Lipinski definition) is 18. The number of amides is 6. The first-order valence-electron chi connectivity index (χ1n) is 25.7. The van der Waals surface area contributed by atoms with Crippen LogP contribution in [0.5, 0.6) is 0 Å². The van der Waals surface area contributed by atoms with Crippen molar-refractivity contribution < 1.29 is 91.2 Å². The van der Waals surface area contributed by atoms with Crippen LogP contribution >= 0.6 is 0 Å². The lowest BCUT2D eigenvalue weighted by molar-refractivity contribution is -0.143. The summed E-state index contributed by atoms with van der Waals surface area (Å²) in [6.45, 7) is 4.58. The fourth-order valence-electron chi connectivity index (χ4n) is 7.04. The van der Waals surface area contributed by atoms with Crippen molar-refractivity contribution in [1.29, 1.82) is 0 Å². The zero-order valence-corrected chi connectivity index (χ0v) is 44.3. The quantitative estimate of drug-likeness (QED) is 0.0180. The van der Waals surface area contributed by atoms with Crippen LogP contribution in [0.3, 0.4) is 0 Å². The zero-order valence-electron chi connectivity index (χ0n) is 44.3. The van der Waals surface area contributed by atoms with E-state index in [0.29, 0.717) is 103 Å². The van der Waals surface area contributed by atoms with Crippen molar-refractivity contribution >= 4 is 53.3 Å². The van der Waals surface area contributed by atoms with E-state index in [9.17, 15) is 43.5 Å². The molecule has 2 aromatic rings. The molecule has 0 aromatic heterocycles. The van der Waals surface area contributed by atoms with Crippen LogP contribution in [-0.2, 0) is 100 Å². The first-order chi connectivity index (χ1) is 38.2. The van der Waals surface area contributed by atoms with Gasteiger partial charge >= 0.3 is 11.9 Å². The number of nitrogens with zero attached hydrogens (tertiary/aromatic N) is 1. The van der Waals surface area contributed by atoms with Gasteiger partial charge in [0.05, 0.1) is 119 Å². The minimum atomic E-state index is -1.62. The fourth-order valence-corrected chi connectivity index (χ4v) is 7.04. The summed E-state index contributed by atoms with van der Waals surface area (Å²) in [7, 11) is 0. The van der Waals surface area contributed by atoms with Gasteiger partial charge in [0.15, 0.2) is 5.96 Å². The first-order valence-corrected chi connectivity index (χ1v) is 25.7. The highest BCUT2D eigenvalue weighted by molar-refractivity contribution is 5.98. The highest BCUT2D eigenvalue weighted by Gasteiger charge is 2.33. The summed E-state index contributed by atoms with van der Waals surface area (Å²) in [6.07, 6.45) is -0.763. The smallest absolute Gasteiger partial charge is 0.329 e. The van der Waals surface area contributed by atoms with Crippen LogP contribution < -0.4 is 43.4 Å². The van der Waals surface area contributed by atoms with Crippen molar-refractivity contribution in [2.45, 2.75) is 62.8 Å². The van der Waals surface area contributed by atoms with E-state index < -0.39 is 78.6 Å². The molecule has 0 bridgehead atoms. The predicted molar refractivity (Wildman–Crippen MR) is 280 cm³/mol. The van der Waals surface area contributed by atoms with E-state index in [2.05, 4.69) is 36.9 Å². The third-order valence-corrected chi connectivity index (χ3v) is 11.0. The number of ether oxygens (including phenoxy) is 9. The van der Waals surface area contributed by atoms with Crippen molar-refractivity contribution in [3.05, 3.63) is 71.3 Å². The Morgan fingerprint density at radius 2 is 0.924 bits per heavy atom. The molecule has 440 valence electrons. The number of hydrogen-bond donors (Lipinski definition) is 10. The van der Waals surface area contributed by atoms with Crippen LogP contribution in [0.2, 0.25) is 0 Å². The number of rotatable bonds is 40. The van der Waals surface area contributed by atoms with E-state index in [0.717, 1.165) is 0 Å². The van der Waals surface area contributed by atoms with Crippen LogP contribution in [0.1, 0.15) is 36.0 Å². The summed E-state index contributed by atoms with van der Waals surface area (Å²) in [5.74, 6) is -7.20. The van der Waals surface area contributed by atoms with Crippen LogP contribution in [-0.4, -0.2) is 220 Å². The molecule has 1 aliphatic rings. The number of benzene rings is 2. The van der Waals surface area contributed by atoms with Crippen LogP contribution in [0.15, 0.2) is 59.6 Å². The summed E-state index contributed by atoms with van der Waals surface area (Å²) in [5, 5.41) is 33.5. The highest BCUT2D eigenvalue weighted by atomic mass is 16.6. The Bertz CT molecular complexity index is 2160. The van der Waals surface area contributed by atoms with Gasteiger partial charge in [-0.1, -0.05) is 54.6 Å². The Morgan fingerprint density at radius 3 is 1.38 bits per heavy atom. The minimum absolute atomic E-state index is 0.0125. The van der Waals surface area contributed by atoms with E-state index in [1.165, 1.54) is 0 Å². The second-order valence-electron chi connectivity index (χ2n) is 17.3. The number of aliphatic carboxylic acids is 2. The molecule has 2 aromatic carbocycles. The molecule has 0 aliphatic carbocycles. The molecule has 79 heavy (non-hydrogen) atoms. The minimum Gasteiger partial charge on any atom is -0.481 e. The van der Waals surface area contributed by atoms with Crippen molar-refractivity contribution in [2.75, 3.05) is 132 Å². The molecular weight excluding hydrogens is 1040 g/mol. The molecule has 4 atom stereocenters. The number of carboxylic acids is 2. The van der Waals surface area contributed by atoms with Gasteiger partial charge in [-0.25, -0.2) is 4.79 Å². The molecule has 0 unspecified atom stereocenters. The number of carbonyl (C=O) groups is 8. The van der Waals surface area contributed by atoms with Crippen LogP contribution in [0.25, 0.3) is 0 Å². The van der Waals surface area contributed by atoms with Crippen molar-refractivity contribution in [3.63, 3.8) is 0 Å². The molecule has 1 heterocycles. The maximum atomic E-state index is 14.1. The van der Waals surface area contributed by atoms with Crippen molar-refractivity contribution in [3.8, 4) is 0 Å². The number of aliphatic imine (C=N–C) groups is 1. The fraction of sp³-hybridized carbons (Fsp3) is 0.588. The summed E-state index contributed by atoms with van der Waals surface area (Å²) >= 11 is 0. The number of guanidine groups is 1. The Labute approximate surface area is 457 Å². The van der Waals surface area contributed by atoms with Gasteiger partial charge in [0.2, 0.25) is 35.4 Å². The second kappa shape index (κ2) is 41.2. The Hall–Kier alpha value is -6.89.